The van der Waals surface area contributed by atoms with Gasteiger partial charge in [-0.15, -0.1) is 0 Å². The first-order valence-electron chi connectivity index (χ1n) is 6.87. The van der Waals surface area contributed by atoms with E-state index in [9.17, 15) is 4.79 Å². The van der Waals surface area contributed by atoms with Gasteiger partial charge in [0, 0.05) is 6.54 Å². The van der Waals surface area contributed by atoms with E-state index in [4.69, 9.17) is 5.84 Å². The molecule has 0 aromatic heterocycles. The Balaban J connectivity index is 1.74. The molecule has 0 bridgehead atoms. The number of carbonyl (C=O) groups excluding carboxylic acids is 1. The van der Waals surface area contributed by atoms with Gasteiger partial charge in [0.2, 0.25) is 0 Å². The van der Waals surface area contributed by atoms with Crippen molar-refractivity contribution in [2.75, 3.05) is 31.6 Å². The molecule has 2 rings (SSSR count). The number of likely N-dealkylation sites (tertiary alicyclic amines) is 1. The van der Waals surface area contributed by atoms with Crippen molar-refractivity contribution in [1.82, 2.24) is 10.2 Å². The Labute approximate surface area is 114 Å². The topological polar surface area (TPSA) is 70.4 Å². The molecule has 5 nitrogen and oxygen atoms in total. The average molecular weight is 262 g/mol. The van der Waals surface area contributed by atoms with E-state index in [0.717, 1.165) is 13.0 Å². The Morgan fingerprint density at radius 1 is 1.26 bits per heavy atom. The maximum Gasteiger partial charge on any atom is 0.253 e. The monoisotopic (exact) mass is 262 g/mol. The molecule has 0 spiro atoms. The van der Waals surface area contributed by atoms with Crippen LogP contribution in [0.3, 0.4) is 0 Å². The Morgan fingerprint density at radius 2 is 2.00 bits per heavy atom. The van der Waals surface area contributed by atoms with Gasteiger partial charge < -0.3 is 15.6 Å². The molecule has 0 radical (unpaired) electrons. The lowest BCUT2D eigenvalue weighted by molar-refractivity contribution is 0.0953. The van der Waals surface area contributed by atoms with Crippen LogP contribution in [-0.2, 0) is 0 Å². The van der Waals surface area contributed by atoms with Crippen molar-refractivity contribution in [3.8, 4) is 0 Å². The minimum Gasteiger partial charge on any atom is -0.352 e. The smallest absolute Gasteiger partial charge is 0.253 e. The fourth-order valence-corrected chi connectivity index (χ4v) is 2.41. The summed E-state index contributed by atoms with van der Waals surface area (Å²) in [6.45, 7) is 4.17. The van der Waals surface area contributed by atoms with Gasteiger partial charge in [-0.25, -0.2) is 0 Å². The maximum atomic E-state index is 12.0. The largest absolute Gasteiger partial charge is 0.352 e. The van der Waals surface area contributed by atoms with Crippen LogP contribution in [-0.4, -0.2) is 37.0 Å². The zero-order valence-electron chi connectivity index (χ0n) is 11.2. The van der Waals surface area contributed by atoms with Crippen LogP contribution in [0.2, 0.25) is 0 Å². The van der Waals surface area contributed by atoms with E-state index in [1.807, 2.05) is 12.1 Å². The molecule has 1 heterocycles. The molecule has 5 heteroatoms. The van der Waals surface area contributed by atoms with Crippen molar-refractivity contribution >= 4 is 11.6 Å². The number of para-hydroxylation sites is 1. The molecule has 1 fully saturated rings. The van der Waals surface area contributed by atoms with Gasteiger partial charge in [0.25, 0.3) is 5.91 Å². The SMILES string of the molecule is NNc1ccccc1C(=O)NCCCN1CCCC1. The summed E-state index contributed by atoms with van der Waals surface area (Å²) in [5.74, 6) is 5.32. The predicted molar refractivity (Wildman–Crippen MR) is 76.9 cm³/mol. The fourth-order valence-electron chi connectivity index (χ4n) is 2.41. The second kappa shape index (κ2) is 7.11. The van der Waals surface area contributed by atoms with Crippen LogP contribution in [0.25, 0.3) is 0 Å². The van der Waals surface area contributed by atoms with Crippen LogP contribution in [0.1, 0.15) is 29.6 Å². The van der Waals surface area contributed by atoms with Crippen molar-refractivity contribution in [2.24, 2.45) is 5.84 Å². The molecule has 0 saturated carbocycles. The average Bonchev–Trinajstić information content (AvgIpc) is 2.96. The molecule has 4 N–H and O–H groups in total. The quantitative estimate of drug-likeness (QED) is 0.409. The van der Waals surface area contributed by atoms with Crippen LogP contribution in [0.4, 0.5) is 5.69 Å². The molecular weight excluding hydrogens is 240 g/mol. The molecule has 1 aromatic carbocycles. The van der Waals surface area contributed by atoms with E-state index in [0.29, 0.717) is 17.8 Å². The third-order valence-electron chi connectivity index (χ3n) is 3.46. The first-order valence-corrected chi connectivity index (χ1v) is 6.87. The number of carbonyl (C=O) groups is 1. The van der Waals surface area contributed by atoms with Gasteiger partial charge in [0.05, 0.1) is 11.3 Å². The third-order valence-corrected chi connectivity index (χ3v) is 3.46. The van der Waals surface area contributed by atoms with E-state index < -0.39 is 0 Å². The summed E-state index contributed by atoms with van der Waals surface area (Å²) in [5, 5.41) is 2.94. The highest BCUT2D eigenvalue weighted by Crippen LogP contribution is 2.13. The van der Waals surface area contributed by atoms with Crippen LogP contribution in [0.15, 0.2) is 24.3 Å². The summed E-state index contributed by atoms with van der Waals surface area (Å²) >= 11 is 0. The molecule has 1 aromatic rings. The van der Waals surface area contributed by atoms with Crippen molar-refractivity contribution < 1.29 is 4.79 Å². The fraction of sp³-hybridized carbons (Fsp3) is 0.500. The minimum atomic E-state index is -0.0741. The second-order valence-electron chi connectivity index (χ2n) is 4.85. The van der Waals surface area contributed by atoms with E-state index >= 15 is 0 Å². The van der Waals surface area contributed by atoms with Crippen molar-refractivity contribution in [1.29, 1.82) is 0 Å². The van der Waals surface area contributed by atoms with Crippen molar-refractivity contribution in [3.05, 3.63) is 29.8 Å². The summed E-state index contributed by atoms with van der Waals surface area (Å²) in [7, 11) is 0. The number of anilines is 1. The summed E-state index contributed by atoms with van der Waals surface area (Å²) in [4.78, 5) is 14.4. The van der Waals surface area contributed by atoms with E-state index in [1.165, 1.54) is 25.9 Å². The number of nitrogen functional groups attached to an aromatic ring is 1. The number of hydrogen-bond donors (Lipinski definition) is 3. The normalized spacial score (nSPS) is 15.4. The van der Waals surface area contributed by atoms with E-state index in [2.05, 4.69) is 15.6 Å². The summed E-state index contributed by atoms with van der Waals surface area (Å²) < 4.78 is 0. The zero-order chi connectivity index (χ0) is 13.5. The highest BCUT2D eigenvalue weighted by molar-refractivity contribution is 5.99. The maximum absolute atomic E-state index is 12.0. The number of nitrogens with zero attached hydrogens (tertiary/aromatic N) is 1. The molecule has 1 amide bonds. The Kier molecular flexibility index (Phi) is 5.18. The lowest BCUT2D eigenvalue weighted by atomic mass is 10.1. The highest BCUT2D eigenvalue weighted by Gasteiger charge is 2.12. The summed E-state index contributed by atoms with van der Waals surface area (Å²) in [6.07, 6.45) is 3.60. The third kappa shape index (κ3) is 3.94. The Hall–Kier alpha value is -1.59. The zero-order valence-corrected chi connectivity index (χ0v) is 11.2. The van der Waals surface area contributed by atoms with Crippen LogP contribution in [0, 0.1) is 0 Å². The molecule has 1 aliphatic rings. The highest BCUT2D eigenvalue weighted by atomic mass is 16.1. The second-order valence-corrected chi connectivity index (χ2v) is 4.85. The van der Waals surface area contributed by atoms with Gasteiger partial charge in [0.15, 0.2) is 0 Å². The van der Waals surface area contributed by atoms with Crippen molar-refractivity contribution in [3.63, 3.8) is 0 Å². The number of rotatable bonds is 6. The van der Waals surface area contributed by atoms with Gasteiger partial charge in [0.1, 0.15) is 0 Å². The van der Waals surface area contributed by atoms with Gasteiger partial charge in [-0.05, 0) is 51.0 Å². The number of hydrazine groups is 1. The molecule has 0 aliphatic carbocycles. The number of amides is 1. The van der Waals surface area contributed by atoms with Crippen molar-refractivity contribution in [2.45, 2.75) is 19.3 Å². The molecule has 0 atom stereocenters. The molecular formula is C14H22N4O. The van der Waals surface area contributed by atoms with Crippen LogP contribution in [0.5, 0.6) is 0 Å². The predicted octanol–water partition coefficient (Wildman–Crippen LogP) is 1.19. The van der Waals surface area contributed by atoms with Gasteiger partial charge in [-0.2, -0.15) is 0 Å². The van der Waals surface area contributed by atoms with E-state index in [1.54, 1.807) is 12.1 Å². The first kappa shape index (κ1) is 13.8. The van der Waals surface area contributed by atoms with Gasteiger partial charge in [-0.3, -0.25) is 10.6 Å². The minimum absolute atomic E-state index is 0.0741. The van der Waals surface area contributed by atoms with E-state index in [-0.39, 0.29) is 5.91 Å². The van der Waals surface area contributed by atoms with Crippen LogP contribution < -0.4 is 16.6 Å². The first-order chi connectivity index (χ1) is 9.31. The molecule has 1 aliphatic heterocycles. The number of nitrogens with two attached hydrogens (primary N) is 1. The summed E-state index contributed by atoms with van der Waals surface area (Å²) in [6, 6.07) is 7.24. The Morgan fingerprint density at radius 3 is 2.74 bits per heavy atom. The Bertz CT molecular complexity index is 416. The number of nitrogens with one attached hydrogen (secondary N) is 2. The molecule has 1 saturated heterocycles. The lowest BCUT2D eigenvalue weighted by Gasteiger charge is -2.14. The number of hydrogen-bond acceptors (Lipinski definition) is 4. The number of benzene rings is 1. The standard InChI is InChI=1S/C14H22N4O/c15-17-13-7-2-1-6-12(13)14(19)16-8-5-11-18-9-3-4-10-18/h1-2,6-7,17H,3-5,8-11,15H2,(H,16,19). The molecule has 19 heavy (non-hydrogen) atoms. The molecule has 104 valence electrons. The summed E-state index contributed by atoms with van der Waals surface area (Å²) in [5.41, 5.74) is 3.78. The molecule has 0 unspecified atom stereocenters. The van der Waals surface area contributed by atoms with Gasteiger partial charge >= 0.3 is 0 Å². The van der Waals surface area contributed by atoms with Crippen LogP contribution >= 0.6 is 0 Å². The lowest BCUT2D eigenvalue weighted by Crippen LogP contribution is -2.29. The van der Waals surface area contributed by atoms with Gasteiger partial charge in [-0.1, -0.05) is 12.1 Å².